The van der Waals surface area contributed by atoms with Gasteiger partial charge in [-0.1, -0.05) is 17.7 Å². The lowest BCUT2D eigenvalue weighted by Gasteiger charge is -2.27. The van der Waals surface area contributed by atoms with Crippen LogP contribution in [0, 0.1) is 5.82 Å². The molecule has 2 aromatic heterocycles. The van der Waals surface area contributed by atoms with E-state index < -0.39 is 11.4 Å². The average Bonchev–Trinajstić information content (AvgIpc) is 3.43. The number of carbonyl (C=O) groups excluding carboxylic acids is 1. The summed E-state index contributed by atoms with van der Waals surface area (Å²) in [6.45, 7) is 4.50. The molecule has 0 spiro atoms. The maximum atomic E-state index is 15.0. The summed E-state index contributed by atoms with van der Waals surface area (Å²) in [6.07, 6.45) is 3.89. The van der Waals surface area contributed by atoms with E-state index in [0.29, 0.717) is 42.1 Å². The molecule has 40 heavy (non-hydrogen) atoms. The van der Waals surface area contributed by atoms with Gasteiger partial charge in [-0.2, -0.15) is 0 Å². The van der Waals surface area contributed by atoms with Crippen molar-refractivity contribution >= 4 is 23.3 Å². The Morgan fingerprint density at radius 2 is 1.75 bits per heavy atom. The van der Waals surface area contributed by atoms with Crippen LogP contribution in [-0.4, -0.2) is 43.3 Å². The van der Waals surface area contributed by atoms with Crippen molar-refractivity contribution in [3.8, 4) is 33.7 Å². The van der Waals surface area contributed by atoms with Crippen LogP contribution in [0.1, 0.15) is 20.3 Å². The minimum atomic E-state index is -0.607. The van der Waals surface area contributed by atoms with Gasteiger partial charge in [0.15, 0.2) is 0 Å². The van der Waals surface area contributed by atoms with Crippen molar-refractivity contribution in [1.29, 1.82) is 0 Å². The molecule has 9 nitrogen and oxygen atoms in total. The van der Waals surface area contributed by atoms with Crippen LogP contribution in [0.25, 0.3) is 27.9 Å². The van der Waals surface area contributed by atoms with Crippen molar-refractivity contribution < 1.29 is 14.3 Å². The minimum absolute atomic E-state index is 0.131. The van der Waals surface area contributed by atoms with E-state index in [2.05, 4.69) is 5.32 Å². The van der Waals surface area contributed by atoms with Crippen LogP contribution in [0.5, 0.6) is 5.75 Å². The lowest BCUT2D eigenvalue weighted by atomic mass is 9.97. The molecule has 2 N–H and O–H groups in total. The maximum Gasteiger partial charge on any atom is 0.332 e. The highest BCUT2D eigenvalue weighted by Gasteiger charge is 2.35. The molecule has 0 aliphatic carbocycles. The summed E-state index contributed by atoms with van der Waals surface area (Å²) in [7, 11) is 3.27. The molecule has 1 atom stereocenters. The molecule has 0 unspecified atom stereocenters. The second kappa shape index (κ2) is 10.0. The first kappa shape index (κ1) is 27.3. The number of nitrogens with one attached hydrogen (secondary N) is 1. The molecule has 1 saturated heterocycles. The molecule has 1 aliphatic rings. The third-order valence-electron chi connectivity index (χ3n) is 7.36. The van der Waals surface area contributed by atoms with Crippen molar-refractivity contribution in [2.75, 3.05) is 18.0 Å². The minimum Gasteiger partial charge on any atom is -0.507 e. The largest absolute Gasteiger partial charge is 0.507 e. The Kier molecular flexibility index (Phi) is 6.83. The van der Waals surface area contributed by atoms with Gasteiger partial charge in [-0.15, -0.1) is 0 Å². The van der Waals surface area contributed by atoms with E-state index >= 15 is 0 Å². The molecule has 2 aromatic carbocycles. The third-order valence-corrected chi connectivity index (χ3v) is 7.67. The SMILES string of the molecule is CC(=O)N[C@@]1(C)CCN(c2cc(-c3cc(F)cc(-c4ccc(-n5ccn(C)c5=O)c(Cl)c4)c3O)cc(=O)n2C)C1. The summed E-state index contributed by atoms with van der Waals surface area (Å²) in [5, 5.41) is 14.5. The summed E-state index contributed by atoms with van der Waals surface area (Å²) < 4.78 is 19.2. The van der Waals surface area contributed by atoms with Crippen LogP contribution in [0.3, 0.4) is 0 Å². The highest BCUT2D eigenvalue weighted by atomic mass is 35.5. The fraction of sp³-hybridized carbons (Fsp3) is 0.276. The Bertz CT molecular complexity index is 1780. The summed E-state index contributed by atoms with van der Waals surface area (Å²) in [5.41, 5.74) is 0.508. The highest BCUT2D eigenvalue weighted by Crippen LogP contribution is 2.41. The van der Waals surface area contributed by atoms with Crippen molar-refractivity contribution in [1.82, 2.24) is 19.0 Å². The number of halogens is 2. The predicted molar refractivity (Wildman–Crippen MR) is 153 cm³/mol. The fourth-order valence-electron chi connectivity index (χ4n) is 5.32. The number of amides is 1. The van der Waals surface area contributed by atoms with Crippen molar-refractivity contribution in [3.05, 3.63) is 86.5 Å². The number of rotatable bonds is 5. The summed E-state index contributed by atoms with van der Waals surface area (Å²) in [4.78, 5) is 39.0. The molecule has 0 bridgehead atoms. The molecule has 3 heterocycles. The van der Waals surface area contributed by atoms with Crippen LogP contribution in [0.15, 0.2) is 64.4 Å². The molecular formula is C29H29ClFN5O4. The Balaban J connectivity index is 1.56. The van der Waals surface area contributed by atoms with Crippen LogP contribution in [0.4, 0.5) is 10.2 Å². The number of nitrogens with zero attached hydrogens (tertiary/aromatic N) is 4. The third kappa shape index (κ3) is 4.90. The molecule has 1 amide bonds. The molecule has 0 radical (unpaired) electrons. The smallest absolute Gasteiger partial charge is 0.332 e. The molecule has 4 aromatic rings. The number of hydrogen-bond donors (Lipinski definition) is 2. The molecule has 11 heteroatoms. The number of pyridine rings is 1. The Hall–Kier alpha value is -4.31. The zero-order valence-electron chi connectivity index (χ0n) is 22.5. The highest BCUT2D eigenvalue weighted by molar-refractivity contribution is 6.32. The zero-order chi connectivity index (χ0) is 28.9. The lowest BCUT2D eigenvalue weighted by Crippen LogP contribution is -2.47. The number of hydrogen-bond acceptors (Lipinski definition) is 5. The van der Waals surface area contributed by atoms with E-state index in [1.165, 1.54) is 38.8 Å². The topological polar surface area (TPSA) is 102 Å². The summed E-state index contributed by atoms with van der Waals surface area (Å²) in [5.74, 6) is -0.370. The second-order valence-electron chi connectivity index (χ2n) is 10.5. The first-order valence-electron chi connectivity index (χ1n) is 12.7. The van der Waals surface area contributed by atoms with E-state index in [9.17, 15) is 23.9 Å². The number of anilines is 1. The quantitative estimate of drug-likeness (QED) is 0.383. The van der Waals surface area contributed by atoms with Gasteiger partial charge in [0.05, 0.1) is 16.2 Å². The van der Waals surface area contributed by atoms with Gasteiger partial charge in [-0.3, -0.25) is 18.7 Å². The van der Waals surface area contributed by atoms with Gasteiger partial charge in [0.2, 0.25) is 5.91 Å². The molecular weight excluding hydrogens is 537 g/mol. The van der Waals surface area contributed by atoms with Gasteiger partial charge >= 0.3 is 5.69 Å². The van der Waals surface area contributed by atoms with Crippen LogP contribution < -0.4 is 21.5 Å². The van der Waals surface area contributed by atoms with E-state index in [-0.39, 0.29) is 39.1 Å². The van der Waals surface area contributed by atoms with Crippen LogP contribution in [-0.2, 0) is 18.9 Å². The van der Waals surface area contributed by atoms with E-state index in [0.717, 1.165) is 0 Å². The van der Waals surface area contributed by atoms with Crippen molar-refractivity contribution in [2.24, 2.45) is 14.1 Å². The number of phenols is 1. The monoisotopic (exact) mass is 565 g/mol. The Labute approximate surface area is 234 Å². The molecule has 0 saturated carbocycles. The number of benzene rings is 2. The standard InChI is InChI=1S/C29H29ClFN5O4/c1-17(37)32-29(2)7-8-35(16-29)25-12-19(13-26(38)34(25)4)22-15-20(31)14-21(27(22)39)18-5-6-24(23(30)11-18)36-10-9-33(3)28(36)40/h5-6,9-15,39H,7-8,16H2,1-4H3,(H,32,37)/t29-/m0/s1. The fourth-order valence-corrected chi connectivity index (χ4v) is 5.59. The average molecular weight is 566 g/mol. The molecule has 1 fully saturated rings. The number of aryl methyl sites for hydroxylation is 1. The number of phenolic OH excluding ortho intramolecular Hbond substituents is 1. The lowest BCUT2D eigenvalue weighted by molar-refractivity contribution is -0.120. The maximum absolute atomic E-state index is 15.0. The predicted octanol–water partition coefficient (Wildman–Crippen LogP) is 3.81. The number of aromatic hydroxyl groups is 1. The Morgan fingerprint density at radius 1 is 1.05 bits per heavy atom. The number of imidazole rings is 1. The van der Waals surface area contributed by atoms with Crippen molar-refractivity contribution in [3.63, 3.8) is 0 Å². The van der Waals surface area contributed by atoms with Gasteiger partial charge in [0, 0.05) is 63.7 Å². The number of aromatic nitrogens is 3. The van der Waals surface area contributed by atoms with Crippen LogP contribution in [0.2, 0.25) is 5.02 Å². The van der Waals surface area contributed by atoms with Gasteiger partial charge in [-0.05, 0) is 54.8 Å². The summed E-state index contributed by atoms with van der Waals surface area (Å²) in [6, 6.07) is 10.3. The van der Waals surface area contributed by atoms with E-state index in [1.54, 1.807) is 50.8 Å². The first-order chi connectivity index (χ1) is 18.9. The molecule has 208 valence electrons. The van der Waals surface area contributed by atoms with Gasteiger partial charge in [0.1, 0.15) is 17.4 Å². The van der Waals surface area contributed by atoms with Gasteiger partial charge in [0.25, 0.3) is 5.56 Å². The Morgan fingerprint density at radius 3 is 2.38 bits per heavy atom. The zero-order valence-corrected chi connectivity index (χ0v) is 23.3. The first-order valence-corrected chi connectivity index (χ1v) is 13.1. The van der Waals surface area contributed by atoms with Gasteiger partial charge < -0.3 is 19.9 Å². The van der Waals surface area contributed by atoms with Crippen LogP contribution >= 0.6 is 11.6 Å². The second-order valence-corrected chi connectivity index (χ2v) is 10.9. The van der Waals surface area contributed by atoms with Gasteiger partial charge in [-0.25, -0.2) is 9.18 Å². The van der Waals surface area contributed by atoms with E-state index in [4.69, 9.17) is 11.6 Å². The molecule has 1 aliphatic heterocycles. The molecule has 5 rings (SSSR count). The van der Waals surface area contributed by atoms with Crippen molar-refractivity contribution in [2.45, 2.75) is 25.8 Å². The van der Waals surface area contributed by atoms with E-state index in [1.807, 2.05) is 11.8 Å². The normalized spacial score (nSPS) is 16.9. The number of carbonyl (C=O) groups is 1. The summed E-state index contributed by atoms with van der Waals surface area (Å²) >= 11 is 6.51.